The molecule has 1 fully saturated rings. The maximum atomic E-state index is 4.91. The Kier molecular flexibility index (Phi) is 6.60. The molecule has 170 valence electrons. The summed E-state index contributed by atoms with van der Waals surface area (Å²) in [5.41, 5.74) is 9.81. The minimum Gasteiger partial charge on any atom is -0.299 e. The fourth-order valence-electron chi connectivity index (χ4n) is 5.87. The van der Waals surface area contributed by atoms with Crippen LogP contribution in [-0.2, 0) is 6.42 Å². The van der Waals surface area contributed by atoms with Crippen LogP contribution < -0.4 is 0 Å². The fourth-order valence-corrected chi connectivity index (χ4v) is 5.87. The zero-order valence-electron chi connectivity index (χ0n) is 21.0. The Morgan fingerprint density at radius 2 is 1.69 bits per heavy atom. The number of nitrogens with zero attached hydrogens (tertiary/aromatic N) is 2. The summed E-state index contributed by atoms with van der Waals surface area (Å²) in [4.78, 5) is 4.91. The fraction of sp³-hybridized carbons (Fsp3) is 0.500. The molecule has 4 rings (SSSR count). The highest BCUT2D eigenvalue weighted by Gasteiger charge is 2.28. The van der Waals surface area contributed by atoms with Crippen LogP contribution in [0.3, 0.4) is 0 Å². The van der Waals surface area contributed by atoms with Crippen molar-refractivity contribution in [1.82, 2.24) is 9.55 Å². The summed E-state index contributed by atoms with van der Waals surface area (Å²) in [5, 5.41) is 0. The van der Waals surface area contributed by atoms with Gasteiger partial charge in [-0.25, -0.2) is 4.98 Å². The van der Waals surface area contributed by atoms with Gasteiger partial charge in [-0.2, -0.15) is 0 Å². The van der Waals surface area contributed by atoms with Crippen molar-refractivity contribution in [3.63, 3.8) is 0 Å². The Hall–Kier alpha value is -2.35. The molecule has 0 radical (unpaired) electrons. The Balaban J connectivity index is 1.82. The van der Waals surface area contributed by atoms with Crippen molar-refractivity contribution in [2.75, 3.05) is 0 Å². The first-order chi connectivity index (χ1) is 15.3. The van der Waals surface area contributed by atoms with Gasteiger partial charge < -0.3 is 0 Å². The third-order valence-electron chi connectivity index (χ3n) is 7.71. The largest absolute Gasteiger partial charge is 0.299 e. The second-order valence-corrected chi connectivity index (χ2v) is 10.6. The first-order valence-electron chi connectivity index (χ1n) is 12.6. The molecule has 0 aliphatic heterocycles. The van der Waals surface area contributed by atoms with Crippen LogP contribution in [-0.4, -0.2) is 9.55 Å². The Morgan fingerprint density at radius 1 is 1.00 bits per heavy atom. The van der Waals surface area contributed by atoms with Crippen molar-refractivity contribution < 1.29 is 0 Å². The molecular weight excluding hydrogens is 388 g/mol. The molecule has 1 aromatic heterocycles. The summed E-state index contributed by atoms with van der Waals surface area (Å²) in [6, 6.07) is 11.8. The average Bonchev–Trinajstić information content (AvgIpc) is 3.22. The van der Waals surface area contributed by atoms with Gasteiger partial charge in [0, 0.05) is 18.0 Å². The van der Waals surface area contributed by atoms with Crippen molar-refractivity contribution >= 4 is 0 Å². The molecule has 1 aliphatic carbocycles. The van der Waals surface area contributed by atoms with Crippen LogP contribution in [0.4, 0.5) is 0 Å². The van der Waals surface area contributed by atoms with E-state index in [1.165, 1.54) is 77.6 Å². The molecule has 2 heteroatoms. The number of hydrogen-bond donors (Lipinski definition) is 0. The molecule has 0 saturated heterocycles. The van der Waals surface area contributed by atoms with Crippen LogP contribution in [0, 0.1) is 26.2 Å². The zero-order valence-corrected chi connectivity index (χ0v) is 21.0. The van der Waals surface area contributed by atoms with Crippen LogP contribution in [0.5, 0.6) is 0 Å². The van der Waals surface area contributed by atoms with Gasteiger partial charge in [0.1, 0.15) is 5.82 Å². The number of aromatic nitrogens is 2. The molecule has 0 bridgehead atoms. The Labute approximate surface area is 195 Å². The molecule has 1 heterocycles. The smallest absolute Gasteiger partial charge is 0.144 e. The quantitative estimate of drug-likeness (QED) is 0.385. The van der Waals surface area contributed by atoms with Crippen molar-refractivity contribution in [2.45, 2.75) is 92.4 Å². The van der Waals surface area contributed by atoms with E-state index >= 15 is 0 Å². The summed E-state index contributed by atoms with van der Waals surface area (Å²) in [7, 11) is 0. The Morgan fingerprint density at radius 3 is 2.34 bits per heavy atom. The zero-order chi connectivity index (χ0) is 22.9. The van der Waals surface area contributed by atoms with Gasteiger partial charge in [-0.15, -0.1) is 0 Å². The van der Waals surface area contributed by atoms with E-state index in [-0.39, 0.29) is 0 Å². The van der Waals surface area contributed by atoms with Gasteiger partial charge in [-0.3, -0.25) is 4.57 Å². The molecule has 0 N–H and O–H groups in total. The monoisotopic (exact) mass is 428 g/mol. The second kappa shape index (κ2) is 9.25. The summed E-state index contributed by atoms with van der Waals surface area (Å²) >= 11 is 0. The lowest BCUT2D eigenvalue weighted by molar-refractivity contribution is 0.215. The molecular formula is C30H40N2. The first kappa shape index (κ1) is 22.8. The number of benzene rings is 2. The van der Waals surface area contributed by atoms with Crippen molar-refractivity contribution in [2.24, 2.45) is 5.41 Å². The van der Waals surface area contributed by atoms with Gasteiger partial charge in [-0.1, -0.05) is 69.9 Å². The van der Waals surface area contributed by atoms with E-state index in [1.807, 2.05) is 6.20 Å². The maximum Gasteiger partial charge on any atom is 0.144 e. The third-order valence-corrected chi connectivity index (χ3v) is 7.71. The van der Waals surface area contributed by atoms with Gasteiger partial charge in [0.25, 0.3) is 0 Å². The topological polar surface area (TPSA) is 17.8 Å². The molecule has 0 amide bonds. The molecule has 1 atom stereocenters. The van der Waals surface area contributed by atoms with E-state index in [0.29, 0.717) is 11.3 Å². The number of imidazole rings is 1. The molecule has 2 nitrogen and oxygen atoms in total. The molecule has 1 saturated carbocycles. The van der Waals surface area contributed by atoms with E-state index < -0.39 is 0 Å². The van der Waals surface area contributed by atoms with E-state index in [4.69, 9.17) is 4.98 Å². The third kappa shape index (κ3) is 4.56. The predicted octanol–water partition coefficient (Wildman–Crippen LogP) is 8.49. The van der Waals surface area contributed by atoms with Gasteiger partial charge in [-0.05, 0) is 86.1 Å². The maximum absolute atomic E-state index is 4.91. The van der Waals surface area contributed by atoms with E-state index in [2.05, 4.69) is 82.6 Å². The molecule has 2 aromatic carbocycles. The van der Waals surface area contributed by atoms with E-state index in [9.17, 15) is 0 Å². The van der Waals surface area contributed by atoms with Crippen LogP contribution in [0.25, 0.3) is 17.1 Å². The van der Waals surface area contributed by atoms with E-state index in [1.54, 1.807) is 0 Å². The highest BCUT2D eigenvalue weighted by molar-refractivity contribution is 5.66. The second-order valence-electron chi connectivity index (χ2n) is 10.6. The van der Waals surface area contributed by atoms with Gasteiger partial charge in [0.15, 0.2) is 0 Å². The van der Waals surface area contributed by atoms with Crippen molar-refractivity contribution in [1.29, 1.82) is 0 Å². The lowest BCUT2D eigenvalue weighted by Gasteiger charge is -2.34. The number of rotatable bonds is 6. The molecule has 0 spiro atoms. The summed E-state index contributed by atoms with van der Waals surface area (Å²) in [6.07, 6.45) is 13.3. The van der Waals surface area contributed by atoms with Gasteiger partial charge in [0.2, 0.25) is 0 Å². The first-order valence-corrected chi connectivity index (χ1v) is 12.6. The predicted molar refractivity (Wildman–Crippen MR) is 137 cm³/mol. The minimum absolute atomic E-state index is 0.437. The molecule has 1 aliphatic rings. The van der Waals surface area contributed by atoms with E-state index in [0.717, 1.165) is 12.2 Å². The van der Waals surface area contributed by atoms with Crippen LogP contribution in [0.2, 0.25) is 0 Å². The normalized spacial score (nSPS) is 16.8. The lowest BCUT2D eigenvalue weighted by Crippen LogP contribution is -2.22. The van der Waals surface area contributed by atoms with Crippen molar-refractivity contribution in [3.05, 3.63) is 70.5 Å². The minimum atomic E-state index is 0.437. The lowest BCUT2D eigenvalue weighted by atomic mass is 9.71. The van der Waals surface area contributed by atoms with Crippen LogP contribution in [0.1, 0.15) is 93.0 Å². The summed E-state index contributed by atoms with van der Waals surface area (Å²) < 4.78 is 2.32. The highest BCUT2D eigenvalue weighted by Crippen LogP contribution is 2.40. The Bertz CT molecular complexity index is 1060. The van der Waals surface area contributed by atoms with Crippen LogP contribution >= 0.6 is 0 Å². The SMILES string of the molecule is CCC(C)c1ccc(CC2(C)CCCCC2)cc1-c1nccn1-c1c(C)cc(C)cc1C. The molecule has 3 aromatic rings. The average molecular weight is 429 g/mol. The number of hydrogen-bond acceptors (Lipinski definition) is 1. The molecule has 1 unspecified atom stereocenters. The highest BCUT2D eigenvalue weighted by atomic mass is 15.1. The molecule has 32 heavy (non-hydrogen) atoms. The van der Waals surface area contributed by atoms with Crippen LogP contribution in [0.15, 0.2) is 42.7 Å². The van der Waals surface area contributed by atoms with Crippen molar-refractivity contribution in [3.8, 4) is 17.1 Å². The van der Waals surface area contributed by atoms with Gasteiger partial charge in [0.05, 0.1) is 5.69 Å². The number of aryl methyl sites for hydroxylation is 3. The standard InChI is InChI=1S/C30H40N2/c1-7-22(3)26-12-11-25(20-30(6)13-9-8-10-14-30)19-27(26)29-31-15-16-32(29)28-23(4)17-21(2)18-24(28)5/h11-12,15-19,22H,7-10,13-14,20H2,1-6H3. The van der Waals surface area contributed by atoms with Gasteiger partial charge >= 0.3 is 0 Å². The summed E-state index contributed by atoms with van der Waals surface area (Å²) in [6.45, 7) is 13.7. The summed E-state index contributed by atoms with van der Waals surface area (Å²) in [5.74, 6) is 1.58.